The topological polar surface area (TPSA) is 49.8 Å². The van der Waals surface area contributed by atoms with Gasteiger partial charge in [-0.15, -0.1) is 0 Å². The van der Waals surface area contributed by atoms with Gasteiger partial charge >= 0.3 is 0 Å². The van der Waals surface area contributed by atoms with E-state index >= 15 is 0 Å². The standard InChI is InChI=1S/C23H27ClN4/c24-18-5-10-21-22(11-14-27-23(21)15-18)28-20-8-6-19(7-9-20)26-13-2-4-17-3-1-12-25-16-17/h1,3,5,10-12,14-16,19-20,26H,2,4,6-9,13H2,(H,27,28). The van der Waals surface area contributed by atoms with Crippen LogP contribution in [-0.4, -0.2) is 28.6 Å². The van der Waals surface area contributed by atoms with E-state index in [-0.39, 0.29) is 0 Å². The Bertz CT molecular complexity index is 892. The predicted molar refractivity (Wildman–Crippen MR) is 117 cm³/mol. The van der Waals surface area contributed by atoms with Crippen molar-refractivity contribution in [2.24, 2.45) is 0 Å². The van der Waals surface area contributed by atoms with Crippen molar-refractivity contribution >= 4 is 28.2 Å². The van der Waals surface area contributed by atoms with E-state index in [2.05, 4.69) is 38.8 Å². The zero-order valence-electron chi connectivity index (χ0n) is 16.1. The lowest BCUT2D eigenvalue weighted by Crippen LogP contribution is -2.37. The maximum Gasteiger partial charge on any atom is 0.0737 e. The first-order valence-corrected chi connectivity index (χ1v) is 10.6. The van der Waals surface area contributed by atoms with Crippen LogP contribution >= 0.6 is 11.6 Å². The van der Waals surface area contributed by atoms with E-state index in [1.54, 1.807) is 0 Å². The van der Waals surface area contributed by atoms with Gasteiger partial charge in [-0.05, 0) is 81.0 Å². The van der Waals surface area contributed by atoms with E-state index < -0.39 is 0 Å². The van der Waals surface area contributed by atoms with Crippen molar-refractivity contribution in [3.63, 3.8) is 0 Å². The molecule has 146 valence electrons. The van der Waals surface area contributed by atoms with Gasteiger partial charge in [0.05, 0.1) is 5.52 Å². The molecule has 28 heavy (non-hydrogen) atoms. The molecule has 4 rings (SSSR count). The van der Waals surface area contributed by atoms with Crippen LogP contribution in [0.15, 0.2) is 55.0 Å². The van der Waals surface area contributed by atoms with Crippen molar-refractivity contribution in [2.75, 3.05) is 11.9 Å². The van der Waals surface area contributed by atoms with Crippen molar-refractivity contribution in [3.8, 4) is 0 Å². The molecule has 1 saturated carbocycles. The summed E-state index contributed by atoms with van der Waals surface area (Å²) in [6.07, 6.45) is 12.7. The van der Waals surface area contributed by atoms with E-state index in [1.165, 1.54) is 31.2 Å². The van der Waals surface area contributed by atoms with E-state index in [0.29, 0.717) is 12.1 Å². The summed E-state index contributed by atoms with van der Waals surface area (Å²) in [6, 6.07) is 13.3. The summed E-state index contributed by atoms with van der Waals surface area (Å²) in [6.45, 7) is 1.08. The third kappa shape index (κ3) is 5.00. The van der Waals surface area contributed by atoms with Crippen LogP contribution in [0.25, 0.3) is 10.9 Å². The van der Waals surface area contributed by atoms with Gasteiger partial charge in [0.2, 0.25) is 0 Å². The second-order valence-electron chi connectivity index (χ2n) is 7.63. The van der Waals surface area contributed by atoms with Crippen LogP contribution in [0.2, 0.25) is 5.02 Å². The summed E-state index contributed by atoms with van der Waals surface area (Å²) in [7, 11) is 0. The molecule has 2 N–H and O–H groups in total. The third-order valence-electron chi connectivity index (χ3n) is 5.59. The lowest BCUT2D eigenvalue weighted by molar-refractivity contribution is 0.353. The molecule has 1 fully saturated rings. The second-order valence-corrected chi connectivity index (χ2v) is 8.07. The first-order valence-electron chi connectivity index (χ1n) is 10.2. The molecule has 0 bridgehead atoms. The van der Waals surface area contributed by atoms with Crippen LogP contribution in [-0.2, 0) is 6.42 Å². The zero-order valence-corrected chi connectivity index (χ0v) is 16.8. The Kier molecular flexibility index (Phi) is 6.40. The molecule has 0 aliphatic heterocycles. The molecule has 4 nitrogen and oxygen atoms in total. The molecule has 3 aromatic rings. The van der Waals surface area contributed by atoms with Gasteiger partial charge in [0.15, 0.2) is 0 Å². The summed E-state index contributed by atoms with van der Waals surface area (Å²) < 4.78 is 0. The van der Waals surface area contributed by atoms with Gasteiger partial charge < -0.3 is 10.6 Å². The molecule has 1 aliphatic carbocycles. The first kappa shape index (κ1) is 19.2. The number of hydrogen-bond donors (Lipinski definition) is 2. The molecule has 0 atom stereocenters. The van der Waals surface area contributed by atoms with Gasteiger partial charge in [-0.3, -0.25) is 9.97 Å². The van der Waals surface area contributed by atoms with Crippen molar-refractivity contribution in [1.82, 2.24) is 15.3 Å². The fraction of sp³-hybridized carbons (Fsp3) is 0.391. The lowest BCUT2D eigenvalue weighted by atomic mass is 9.90. The number of aryl methyl sites for hydroxylation is 1. The molecule has 1 aliphatic rings. The molecular formula is C23H27ClN4. The van der Waals surface area contributed by atoms with Crippen LogP contribution in [0, 0.1) is 0 Å². The zero-order chi connectivity index (χ0) is 19.2. The highest BCUT2D eigenvalue weighted by atomic mass is 35.5. The van der Waals surface area contributed by atoms with Gasteiger partial charge in [-0.2, -0.15) is 0 Å². The third-order valence-corrected chi connectivity index (χ3v) is 5.82. The maximum atomic E-state index is 6.10. The molecule has 2 heterocycles. The quantitative estimate of drug-likeness (QED) is 0.539. The average Bonchev–Trinajstić information content (AvgIpc) is 2.73. The Hall–Kier alpha value is -2.17. The van der Waals surface area contributed by atoms with E-state index in [4.69, 9.17) is 11.6 Å². The van der Waals surface area contributed by atoms with Gasteiger partial charge in [0.1, 0.15) is 0 Å². The number of rotatable bonds is 7. The Morgan fingerprint density at radius 1 is 1.00 bits per heavy atom. The molecule has 5 heteroatoms. The Labute approximate surface area is 171 Å². The Morgan fingerprint density at radius 3 is 2.68 bits per heavy atom. The van der Waals surface area contributed by atoms with Crippen molar-refractivity contribution in [3.05, 3.63) is 65.6 Å². The van der Waals surface area contributed by atoms with Crippen LogP contribution in [0.1, 0.15) is 37.7 Å². The molecule has 0 unspecified atom stereocenters. The number of halogens is 1. The number of fused-ring (bicyclic) bond motifs is 1. The molecule has 0 radical (unpaired) electrons. The van der Waals surface area contributed by atoms with Crippen LogP contribution in [0.3, 0.4) is 0 Å². The summed E-state index contributed by atoms with van der Waals surface area (Å²) in [5, 5.41) is 9.34. The number of nitrogens with zero attached hydrogens (tertiary/aromatic N) is 2. The number of anilines is 1. The Balaban J connectivity index is 1.22. The molecular weight excluding hydrogens is 368 g/mol. The van der Waals surface area contributed by atoms with Crippen LogP contribution < -0.4 is 10.6 Å². The summed E-state index contributed by atoms with van der Waals surface area (Å²) in [5.74, 6) is 0. The lowest BCUT2D eigenvalue weighted by Gasteiger charge is -2.30. The Morgan fingerprint density at radius 2 is 1.86 bits per heavy atom. The molecule has 0 saturated heterocycles. The summed E-state index contributed by atoms with van der Waals surface area (Å²) >= 11 is 6.10. The van der Waals surface area contributed by atoms with Crippen molar-refractivity contribution in [1.29, 1.82) is 0 Å². The fourth-order valence-electron chi connectivity index (χ4n) is 4.05. The maximum absolute atomic E-state index is 6.10. The number of aromatic nitrogens is 2. The minimum Gasteiger partial charge on any atom is -0.382 e. The number of pyridine rings is 2. The molecule has 0 amide bonds. The average molecular weight is 395 g/mol. The highest BCUT2D eigenvalue weighted by molar-refractivity contribution is 6.31. The number of nitrogens with one attached hydrogen (secondary N) is 2. The molecule has 2 aromatic heterocycles. The summed E-state index contributed by atoms with van der Waals surface area (Å²) in [5.41, 5.74) is 3.43. The minimum absolute atomic E-state index is 0.523. The molecule has 1 aromatic carbocycles. The second kappa shape index (κ2) is 9.35. The van der Waals surface area contributed by atoms with Gasteiger partial charge in [0, 0.05) is 46.8 Å². The highest BCUT2D eigenvalue weighted by Gasteiger charge is 2.21. The fourth-order valence-corrected chi connectivity index (χ4v) is 4.22. The van der Waals surface area contributed by atoms with Crippen LogP contribution in [0.4, 0.5) is 5.69 Å². The largest absolute Gasteiger partial charge is 0.382 e. The van der Waals surface area contributed by atoms with Gasteiger partial charge in [0.25, 0.3) is 0 Å². The highest BCUT2D eigenvalue weighted by Crippen LogP contribution is 2.28. The van der Waals surface area contributed by atoms with E-state index in [1.807, 2.05) is 36.8 Å². The normalized spacial score (nSPS) is 19.6. The number of benzene rings is 1. The van der Waals surface area contributed by atoms with E-state index in [9.17, 15) is 0 Å². The van der Waals surface area contributed by atoms with Crippen LogP contribution in [0.5, 0.6) is 0 Å². The predicted octanol–water partition coefficient (Wildman–Crippen LogP) is 5.23. The van der Waals surface area contributed by atoms with E-state index in [0.717, 1.165) is 41.0 Å². The van der Waals surface area contributed by atoms with Crippen molar-refractivity contribution < 1.29 is 0 Å². The van der Waals surface area contributed by atoms with Gasteiger partial charge in [-0.25, -0.2) is 0 Å². The summed E-state index contributed by atoms with van der Waals surface area (Å²) in [4.78, 5) is 8.61. The SMILES string of the molecule is Clc1ccc2c(NC3CCC(NCCCc4cccnc4)CC3)ccnc2c1. The minimum atomic E-state index is 0.523. The first-order chi connectivity index (χ1) is 13.8. The number of hydrogen-bond acceptors (Lipinski definition) is 4. The van der Waals surface area contributed by atoms with Crippen molar-refractivity contribution in [2.45, 2.75) is 50.6 Å². The smallest absolute Gasteiger partial charge is 0.0737 e. The monoisotopic (exact) mass is 394 g/mol. The van der Waals surface area contributed by atoms with Gasteiger partial charge in [-0.1, -0.05) is 17.7 Å². The molecule has 0 spiro atoms.